The van der Waals surface area contributed by atoms with E-state index in [-0.39, 0.29) is 0 Å². The number of nitrogens with zero attached hydrogens (tertiary/aromatic N) is 1. The Balaban J connectivity index is 2.19. The zero-order valence-corrected chi connectivity index (χ0v) is 11.9. The summed E-state index contributed by atoms with van der Waals surface area (Å²) in [6.45, 7) is 8.92. The van der Waals surface area contributed by atoms with Gasteiger partial charge >= 0.3 is 0 Å². The Kier molecular flexibility index (Phi) is 4.08. The molecule has 100 valence electrons. The molecule has 0 aromatic heterocycles. The average Bonchev–Trinajstić information content (AvgIpc) is 2.71. The Bertz CT molecular complexity index is 372. The van der Waals surface area contributed by atoms with Gasteiger partial charge in [0.15, 0.2) is 0 Å². The van der Waals surface area contributed by atoms with Crippen molar-refractivity contribution in [1.29, 1.82) is 0 Å². The molecule has 0 aliphatic carbocycles. The highest BCUT2D eigenvalue weighted by Crippen LogP contribution is 2.34. The minimum Gasteiger partial charge on any atom is -0.329 e. The van der Waals surface area contributed by atoms with Gasteiger partial charge in [-0.05, 0) is 44.7 Å². The maximum atomic E-state index is 6.07. The van der Waals surface area contributed by atoms with E-state index in [1.165, 1.54) is 24.9 Å². The lowest BCUT2D eigenvalue weighted by Gasteiger charge is -2.41. The van der Waals surface area contributed by atoms with Gasteiger partial charge in [-0.1, -0.05) is 37.3 Å². The van der Waals surface area contributed by atoms with Crippen LogP contribution in [-0.2, 0) is 0 Å². The van der Waals surface area contributed by atoms with Crippen molar-refractivity contribution >= 4 is 0 Å². The lowest BCUT2D eigenvalue weighted by Crippen LogP contribution is -2.51. The van der Waals surface area contributed by atoms with Crippen LogP contribution in [0.4, 0.5) is 0 Å². The molecule has 0 bridgehead atoms. The van der Waals surface area contributed by atoms with Crippen molar-refractivity contribution in [3.05, 3.63) is 35.9 Å². The molecule has 1 aliphatic rings. The molecular weight excluding hydrogens is 220 g/mol. The number of benzene rings is 1. The quantitative estimate of drug-likeness (QED) is 0.885. The van der Waals surface area contributed by atoms with Crippen LogP contribution in [0.5, 0.6) is 0 Å². The Morgan fingerprint density at radius 2 is 1.94 bits per heavy atom. The predicted molar refractivity (Wildman–Crippen MR) is 77.7 cm³/mol. The molecule has 1 aromatic rings. The van der Waals surface area contributed by atoms with Gasteiger partial charge in [0.05, 0.1) is 0 Å². The first-order valence-electron chi connectivity index (χ1n) is 7.08. The highest BCUT2D eigenvalue weighted by molar-refractivity contribution is 5.21. The highest BCUT2D eigenvalue weighted by Gasteiger charge is 2.38. The van der Waals surface area contributed by atoms with E-state index in [1.54, 1.807) is 0 Å². The third-order valence-electron chi connectivity index (χ3n) is 4.51. The number of nitrogens with two attached hydrogens (primary N) is 1. The summed E-state index contributed by atoms with van der Waals surface area (Å²) in [6.07, 6.45) is 2.58. The maximum Gasteiger partial charge on any atom is 0.0289 e. The first-order valence-corrected chi connectivity index (χ1v) is 7.08. The fourth-order valence-electron chi connectivity index (χ4n) is 3.32. The Morgan fingerprint density at radius 1 is 1.28 bits per heavy atom. The van der Waals surface area contributed by atoms with E-state index in [9.17, 15) is 0 Å². The summed E-state index contributed by atoms with van der Waals surface area (Å²) in [7, 11) is 0. The van der Waals surface area contributed by atoms with Crippen LogP contribution in [0.25, 0.3) is 0 Å². The fourth-order valence-corrected chi connectivity index (χ4v) is 3.32. The summed E-state index contributed by atoms with van der Waals surface area (Å²) in [4.78, 5) is 2.62. The summed E-state index contributed by atoms with van der Waals surface area (Å²) in [5.41, 5.74) is 7.77. The topological polar surface area (TPSA) is 29.3 Å². The third-order valence-corrected chi connectivity index (χ3v) is 4.51. The zero-order chi connectivity index (χ0) is 13.2. The molecule has 0 radical (unpaired) electrons. The van der Waals surface area contributed by atoms with Crippen LogP contribution in [0.1, 0.15) is 45.1 Å². The molecule has 2 nitrogen and oxygen atoms in total. The first-order chi connectivity index (χ1) is 8.56. The smallest absolute Gasteiger partial charge is 0.0289 e. The molecule has 2 rings (SSSR count). The van der Waals surface area contributed by atoms with Gasteiger partial charge in [0.25, 0.3) is 0 Å². The molecule has 18 heavy (non-hydrogen) atoms. The molecule has 2 atom stereocenters. The van der Waals surface area contributed by atoms with E-state index in [2.05, 4.69) is 56.0 Å². The van der Waals surface area contributed by atoms with Gasteiger partial charge in [-0.15, -0.1) is 0 Å². The summed E-state index contributed by atoms with van der Waals surface area (Å²) < 4.78 is 0. The van der Waals surface area contributed by atoms with Gasteiger partial charge < -0.3 is 5.73 Å². The van der Waals surface area contributed by atoms with Crippen LogP contribution in [0.15, 0.2) is 30.3 Å². The summed E-state index contributed by atoms with van der Waals surface area (Å²) in [5, 5.41) is 0. The fraction of sp³-hybridized carbons (Fsp3) is 0.625. The van der Waals surface area contributed by atoms with Crippen LogP contribution in [0.3, 0.4) is 0 Å². The average molecular weight is 246 g/mol. The number of rotatable bonds is 4. The van der Waals surface area contributed by atoms with Gasteiger partial charge in [0.1, 0.15) is 0 Å². The Hall–Kier alpha value is -0.860. The summed E-state index contributed by atoms with van der Waals surface area (Å²) in [6, 6.07) is 11.2. The molecule has 2 N–H and O–H groups in total. The summed E-state index contributed by atoms with van der Waals surface area (Å²) in [5.74, 6) is 0.494. The lowest BCUT2D eigenvalue weighted by molar-refractivity contribution is 0.105. The number of hydrogen-bond acceptors (Lipinski definition) is 2. The standard InChI is InChI=1S/C16H26N2/c1-13(14-8-5-4-6-9-14)15(12-17)18-11-7-10-16(18,2)3/h4-6,8-9,13,15H,7,10-12,17H2,1-3H3. The van der Waals surface area contributed by atoms with Crippen molar-refractivity contribution in [3.63, 3.8) is 0 Å². The van der Waals surface area contributed by atoms with E-state index < -0.39 is 0 Å². The minimum atomic E-state index is 0.299. The number of likely N-dealkylation sites (tertiary alicyclic amines) is 1. The normalized spacial score (nSPS) is 22.9. The van der Waals surface area contributed by atoms with Crippen LogP contribution < -0.4 is 5.73 Å². The third kappa shape index (κ3) is 2.60. The van der Waals surface area contributed by atoms with Crippen molar-refractivity contribution in [2.75, 3.05) is 13.1 Å². The second-order valence-corrected chi connectivity index (χ2v) is 6.11. The molecule has 0 amide bonds. The van der Waals surface area contributed by atoms with Crippen LogP contribution in [0.2, 0.25) is 0 Å². The van der Waals surface area contributed by atoms with E-state index in [0.29, 0.717) is 17.5 Å². The van der Waals surface area contributed by atoms with Crippen molar-refractivity contribution in [2.24, 2.45) is 5.73 Å². The molecule has 1 aliphatic heterocycles. The van der Waals surface area contributed by atoms with Gasteiger partial charge in [0.2, 0.25) is 0 Å². The van der Waals surface area contributed by atoms with Gasteiger partial charge in [-0.25, -0.2) is 0 Å². The zero-order valence-electron chi connectivity index (χ0n) is 11.9. The van der Waals surface area contributed by atoms with Crippen LogP contribution in [0, 0.1) is 0 Å². The van der Waals surface area contributed by atoms with Crippen molar-refractivity contribution in [3.8, 4) is 0 Å². The maximum absolute atomic E-state index is 6.07. The van der Waals surface area contributed by atoms with E-state index in [4.69, 9.17) is 5.73 Å². The van der Waals surface area contributed by atoms with Crippen molar-refractivity contribution < 1.29 is 0 Å². The second-order valence-electron chi connectivity index (χ2n) is 6.11. The SMILES string of the molecule is CC(c1ccccc1)C(CN)N1CCCC1(C)C. The molecule has 1 fully saturated rings. The molecular formula is C16H26N2. The molecule has 2 unspecified atom stereocenters. The van der Waals surface area contributed by atoms with Gasteiger partial charge in [-0.2, -0.15) is 0 Å². The van der Waals surface area contributed by atoms with Crippen LogP contribution >= 0.6 is 0 Å². The Morgan fingerprint density at radius 3 is 2.44 bits per heavy atom. The van der Waals surface area contributed by atoms with Crippen LogP contribution in [-0.4, -0.2) is 29.6 Å². The van der Waals surface area contributed by atoms with E-state index in [1.807, 2.05) is 0 Å². The lowest BCUT2D eigenvalue weighted by atomic mass is 9.89. The minimum absolute atomic E-state index is 0.299. The number of hydrogen-bond donors (Lipinski definition) is 1. The molecule has 0 spiro atoms. The largest absolute Gasteiger partial charge is 0.329 e. The second kappa shape index (κ2) is 5.41. The molecule has 0 saturated carbocycles. The monoisotopic (exact) mass is 246 g/mol. The molecule has 1 saturated heterocycles. The van der Waals surface area contributed by atoms with E-state index >= 15 is 0 Å². The first kappa shape index (κ1) is 13.6. The van der Waals surface area contributed by atoms with Gasteiger partial charge in [0, 0.05) is 18.1 Å². The van der Waals surface area contributed by atoms with Gasteiger partial charge in [-0.3, -0.25) is 4.90 Å². The summed E-state index contributed by atoms with van der Waals surface area (Å²) >= 11 is 0. The van der Waals surface area contributed by atoms with E-state index in [0.717, 1.165) is 6.54 Å². The molecule has 2 heteroatoms. The highest BCUT2D eigenvalue weighted by atomic mass is 15.2. The van der Waals surface area contributed by atoms with Crippen molar-refractivity contribution in [1.82, 2.24) is 4.90 Å². The molecule has 1 aromatic carbocycles. The predicted octanol–water partition coefficient (Wildman–Crippen LogP) is 2.99. The molecule has 1 heterocycles. The Labute approximate surface area is 111 Å². The van der Waals surface area contributed by atoms with Crippen molar-refractivity contribution in [2.45, 2.75) is 51.1 Å².